The van der Waals surface area contributed by atoms with Gasteiger partial charge in [0.1, 0.15) is 11.5 Å². The van der Waals surface area contributed by atoms with E-state index in [0.717, 1.165) is 5.56 Å². The van der Waals surface area contributed by atoms with Crippen molar-refractivity contribution < 1.29 is 10.2 Å². The summed E-state index contributed by atoms with van der Waals surface area (Å²) >= 11 is 0. The van der Waals surface area contributed by atoms with E-state index in [1.54, 1.807) is 6.08 Å². The Kier molecular flexibility index (Phi) is 3.01. The zero-order valence-electron chi connectivity index (χ0n) is 9.17. The van der Waals surface area contributed by atoms with Gasteiger partial charge in [0.05, 0.1) is 5.69 Å². The highest BCUT2D eigenvalue weighted by Gasteiger charge is 2.03. The molecule has 0 aromatic heterocycles. The minimum absolute atomic E-state index is 0.00980. The summed E-state index contributed by atoms with van der Waals surface area (Å²) in [6.07, 6.45) is 3.62. The fourth-order valence-corrected chi connectivity index (χ4v) is 1.53. The number of nitrogen functional groups attached to an aromatic ring is 1. The lowest BCUT2D eigenvalue weighted by Gasteiger charge is -2.04. The molecule has 0 aliphatic rings. The summed E-state index contributed by atoms with van der Waals surface area (Å²) in [5, 5.41) is 18.8. The molecule has 0 spiro atoms. The summed E-state index contributed by atoms with van der Waals surface area (Å²) < 4.78 is 0. The average molecular weight is 227 g/mol. The molecule has 0 aliphatic carbocycles. The van der Waals surface area contributed by atoms with Crippen LogP contribution in [-0.2, 0) is 0 Å². The molecule has 0 fully saturated rings. The van der Waals surface area contributed by atoms with Crippen LogP contribution in [0.2, 0.25) is 0 Å². The Morgan fingerprint density at radius 1 is 0.941 bits per heavy atom. The molecule has 0 saturated heterocycles. The Balaban J connectivity index is 2.33. The molecule has 0 amide bonds. The Bertz CT molecular complexity index is 548. The minimum Gasteiger partial charge on any atom is -0.508 e. The first-order valence-corrected chi connectivity index (χ1v) is 5.21. The summed E-state index contributed by atoms with van der Waals surface area (Å²) in [5.74, 6) is -0.123. The average Bonchev–Trinajstić information content (AvgIpc) is 2.33. The van der Waals surface area contributed by atoms with Gasteiger partial charge >= 0.3 is 0 Å². The second-order valence-corrected chi connectivity index (χ2v) is 3.71. The van der Waals surface area contributed by atoms with E-state index in [1.165, 1.54) is 12.1 Å². The van der Waals surface area contributed by atoms with Gasteiger partial charge in [-0.15, -0.1) is 0 Å². The Morgan fingerprint density at radius 2 is 1.65 bits per heavy atom. The highest BCUT2D eigenvalue weighted by atomic mass is 16.3. The van der Waals surface area contributed by atoms with Gasteiger partial charge in [-0.3, -0.25) is 0 Å². The number of rotatable bonds is 2. The van der Waals surface area contributed by atoms with Crippen molar-refractivity contribution in [3.8, 4) is 11.5 Å². The molecule has 4 N–H and O–H groups in total. The number of hydrogen-bond acceptors (Lipinski definition) is 3. The lowest BCUT2D eigenvalue weighted by molar-refractivity contribution is 0.452. The van der Waals surface area contributed by atoms with E-state index in [9.17, 15) is 10.2 Å². The van der Waals surface area contributed by atoms with Crippen LogP contribution in [0.4, 0.5) is 5.69 Å². The molecule has 0 aliphatic heterocycles. The van der Waals surface area contributed by atoms with Gasteiger partial charge in [0.25, 0.3) is 0 Å². The van der Waals surface area contributed by atoms with Crippen molar-refractivity contribution in [1.29, 1.82) is 0 Å². The maximum atomic E-state index is 9.46. The van der Waals surface area contributed by atoms with Crippen molar-refractivity contribution in [1.82, 2.24) is 0 Å². The van der Waals surface area contributed by atoms with Gasteiger partial charge in [0, 0.05) is 11.6 Å². The van der Waals surface area contributed by atoms with Gasteiger partial charge in [-0.2, -0.15) is 0 Å². The summed E-state index contributed by atoms with van der Waals surface area (Å²) in [5.41, 5.74) is 7.57. The molecule has 0 atom stereocenters. The van der Waals surface area contributed by atoms with Crippen LogP contribution in [0.15, 0.2) is 42.5 Å². The Hall–Kier alpha value is -2.42. The zero-order chi connectivity index (χ0) is 12.3. The summed E-state index contributed by atoms with van der Waals surface area (Å²) in [7, 11) is 0. The van der Waals surface area contributed by atoms with Gasteiger partial charge in [-0.25, -0.2) is 0 Å². The number of aromatic hydroxyl groups is 2. The first kappa shape index (κ1) is 11.1. The van der Waals surface area contributed by atoms with E-state index in [4.69, 9.17) is 5.73 Å². The topological polar surface area (TPSA) is 66.5 Å². The van der Waals surface area contributed by atoms with Gasteiger partial charge in [-0.05, 0) is 11.6 Å². The van der Waals surface area contributed by atoms with E-state index in [1.807, 2.05) is 36.4 Å². The van der Waals surface area contributed by atoms with E-state index < -0.39 is 0 Å². The molecule has 2 aromatic rings. The Labute approximate surface area is 99.5 Å². The number of nitrogens with two attached hydrogens (primary N) is 1. The summed E-state index contributed by atoms with van der Waals surface area (Å²) in [4.78, 5) is 0. The van der Waals surface area contributed by atoms with Crippen LogP contribution >= 0.6 is 0 Å². The van der Waals surface area contributed by atoms with Gasteiger partial charge < -0.3 is 15.9 Å². The number of phenolic OH excluding ortho intramolecular Hbond substituents is 2. The van der Waals surface area contributed by atoms with Crippen LogP contribution in [0.3, 0.4) is 0 Å². The molecule has 2 aromatic carbocycles. The van der Waals surface area contributed by atoms with Crippen molar-refractivity contribution >= 4 is 17.8 Å². The van der Waals surface area contributed by atoms with Crippen LogP contribution < -0.4 is 5.73 Å². The maximum Gasteiger partial charge on any atom is 0.142 e. The molecule has 0 radical (unpaired) electrons. The second kappa shape index (κ2) is 4.61. The second-order valence-electron chi connectivity index (χ2n) is 3.71. The van der Waals surface area contributed by atoms with Crippen LogP contribution in [0.1, 0.15) is 11.1 Å². The minimum atomic E-state index is -0.113. The third-order valence-electron chi connectivity index (χ3n) is 2.43. The van der Waals surface area contributed by atoms with E-state index >= 15 is 0 Å². The molecule has 0 bridgehead atoms. The number of benzene rings is 2. The quantitative estimate of drug-likeness (QED) is 0.320. The first-order valence-electron chi connectivity index (χ1n) is 5.21. The molecule has 3 nitrogen and oxygen atoms in total. The first-order chi connectivity index (χ1) is 8.16. The summed E-state index contributed by atoms with van der Waals surface area (Å²) in [6, 6.07) is 12.4. The molecule has 86 valence electrons. The molecule has 2 rings (SSSR count). The largest absolute Gasteiger partial charge is 0.508 e. The third kappa shape index (κ3) is 2.58. The van der Waals surface area contributed by atoms with Crippen molar-refractivity contribution in [2.24, 2.45) is 0 Å². The van der Waals surface area contributed by atoms with Crippen LogP contribution in [0, 0.1) is 0 Å². The molecule has 0 saturated carbocycles. The highest BCUT2D eigenvalue weighted by molar-refractivity contribution is 5.79. The molecular weight excluding hydrogens is 214 g/mol. The van der Waals surface area contributed by atoms with Crippen molar-refractivity contribution in [3.05, 3.63) is 53.6 Å². The van der Waals surface area contributed by atoms with Crippen LogP contribution in [-0.4, -0.2) is 10.2 Å². The fourth-order valence-electron chi connectivity index (χ4n) is 1.53. The number of anilines is 1. The van der Waals surface area contributed by atoms with Crippen LogP contribution in [0.5, 0.6) is 11.5 Å². The van der Waals surface area contributed by atoms with Gasteiger partial charge in [-0.1, -0.05) is 42.5 Å². The standard InChI is InChI=1S/C14H13NO2/c15-14-11(8-12(16)9-13(14)17)7-6-10-4-2-1-3-5-10/h1-9,16-17H,15H2/b7-6+. The monoisotopic (exact) mass is 227 g/mol. The van der Waals surface area contributed by atoms with E-state index in [2.05, 4.69) is 0 Å². The molecule has 0 unspecified atom stereocenters. The zero-order valence-corrected chi connectivity index (χ0v) is 9.17. The predicted octanol–water partition coefficient (Wildman–Crippen LogP) is 2.85. The predicted molar refractivity (Wildman–Crippen MR) is 69.6 cm³/mol. The van der Waals surface area contributed by atoms with Crippen molar-refractivity contribution in [2.75, 3.05) is 5.73 Å². The molecular formula is C14H13NO2. The normalized spacial score (nSPS) is 10.8. The van der Waals surface area contributed by atoms with Gasteiger partial charge in [0.2, 0.25) is 0 Å². The van der Waals surface area contributed by atoms with Crippen molar-refractivity contribution in [3.63, 3.8) is 0 Å². The molecule has 3 heteroatoms. The highest BCUT2D eigenvalue weighted by Crippen LogP contribution is 2.30. The SMILES string of the molecule is Nc1c(O)cc(O)cc1/C=C/c1ccccc1. The molecule has 0 heterocycles. The third-order valence-corrected chi connectivity index (χ3v) is 2.43. The van der Waals surface area contributed by atoms with Crippen LogP contribution in [0.25, 0.3) is 12.2 Å². The van der Waals surface area contributed by atoms with E-state index in [-0.39, 0.29) is 17.2 Å². The smallest absolute Gasteiger partial charge is 0.142 e. The Morgan fingerprint density at radius 3 is 2.35 bits per heavy atom. The number of phenols is 2. The summed E-state index contributed by atoms with van der Waals surface area (Å²) in [6.45, 7) is 0. The van der Waals surface area contributed by atoms with Gasteiger partial charge in [0.15, 0.2) is 0 Å². The van der Waals surface area contributed by atoms with E-state index in [0.29, 0.717) is 5.56 Å². The maximum absolute atomic E-state index is 9.46. The number of hydrogen-bond donors (Lipinski definition) is 3. The lowest BCUT2D eigenvalue weighted by Crippen LogP contribution is -1.89. The molecule has 17 heavy (non-hydrogen) atoms. The fraction of sp³-hybridized carbons (Fsp3) is 0. The lowest BCUT2D eigenvalue weighted by atomic mass is 10.1. The van der Waals surface area contributed by atoms with Crippen molar-refractivity contribution in [2.45, 2.75) is 0 Å².